The lowest BCUT2D eigenvalue weighted by Gasteiger charge is -2.16. The molecule has 1 aromatic rings. The van der Waals surface area contributed by atoms with Gasteiger partial charge in [0.25, 0.3) is 0 Å². The minimum atomic E-state index is -0.907. The Labute approximate surface area is 121 Å². The second-order valence-electron chi connectivity index (χ2n) is 5.21. The van der Waals surface area contributed by atoms with E-state index in [0.29, 0.717) is 17.2 Å². The van der Waals surface area contributed by atoms with Gasteiger partial charge in [-0.2, -0.15) is 0 Å². The third kappa shape index (κ3) is 3.36. The maximum atomic E-state index is 11.9. The summed E-state index contributed by atoms with van der Waals surface area (Å²) in [6.07, 6.45) is 1.86. The van der Waals surface area contributed by atoms with Crippen LogP contribution in [-0.4, -0.2) is 29.9 Å². The zero-order chi connectivity index (χ0) is 14.8. The SMILES string of the molecule is O=C(O)CC(NC(=O)Nc1ccc2c(c1)OCO2)C1CC1. The summed E-state index contributed by atoms with van der Waals surface area (Å²) in [6, 6.07) is 4.36. The zero-order valence-corrected chi connectivity index (χ0v) is 11.3. The van der Waals surface area contributed by atoms with Gasteiger partial charge in [-0.05, 0) is 30.9 Å². The highest BCUT2D eigenvalue weighted by Crippen LogP contribution is 2.35. The lowest BCUT2D eigenvalue weighted by Crippen LogP contribution is -2.40. The summed E-state index contributed by atoms with van der Waals surface area (Å²) in [5.74, 6) is 0.582. The molecular formula is C14H16N2O5. The molecule has 0 saturated heterocycles. The number of carbonyl (C=O) groups is 2. The molecule has 1 aliphatic heterocycles. The van der Waals surface area contributed by atoms with Gasteiger partial charge in [0.1, 0.15) is 0 Å². The van der Waals surface area contributed by atoms with E-state index in [0.717, 1.165) is 12.8 Å². The molecule has 3 N–H and O–H groups in total. The molecular weight excluding hydrogens is 276 g/mol. The molecule has 1 atom stereocenters. The van der Waals surface area contributed by atoms with E-state index in [1.54, 1.807) is 18.2 Å². The third-order valence-corrected chi connectivity index (χ3v) is 3.53. The van der Waals surface area contributed by atoms with Crippen molar-refractivity contribution in [2.75, 3.05) is 12.1 Å². The largest absolute Gasteiger partial charge is 0.481 e. The molecule has 1 aromatic carbocycles. The van der Waals surface area contributed by atoms with Gasteiger partial charge in [0.2, 0.25) is 6.79 Å². The standard InChI is InChI=1S/C14H16N2O5/c17-13(18)6-10(8-1-2-8)16-14(19)15-9-3-4-11-12(5-9)21-7-20-11/h3-5,8,10H,1-2,6-7H2,(H,17,18)(H2,15,16,19). The predicted molar refractivity (Wildman–Crippen MR) is 73.5 cm³/mol. The number of hydrogen-bond donors (Lipinski definition) is 3. The number of ether oxygens (including phenoxy) is 2. The summed E-state index contributed by atoms with van der Waals surface area (Å²) in [6.45, 7) is 0.174. The Morgan fingerprint density at radius 3 is 2.76 bits per heavy atom. The van der Waals surface area contributed by atoms with Crippen molar-refractivity contribution in [3.8, 4) is 11.5 Å². The van der Waals surface area contributed by atoms with Crippen molar-refractivity contribution in [3.63, 3.8) is 0 Å². The Bertz CT molecular complexity index is 570. The van der Waals surface area contributed by atoms with Gasteiger partial charge in [-0.25, -0.2) is 4.79 Å². The monoisotopic (exact) mass is 292 g/mol. The number of benzene rings is 1. The first kappa shape index (κ1) is 13.5. The van der Waals surface area contributed by atoms with Crippen molar-refractivity contribution in [3.05, 3.63) is 18.2 Å². The van der Waals surface area contributed by atoms with Crippen LogP contribution in [0.25, 0.3) is 0 Å². The van der Waals surface area contributed by atoms with Crippen LogP contribution in [0.3, 0.4) is 0 Å². The van der Waals surface area contributed by atoms with E-state index in [-0.39, 0.29) is 25.2 Å². The summed E-state index contributed by atoms with van der Waals surface area (Å²) >= 11 is 0. The third-order valence-electron chi connectivity index (χ3n) is 3.53. The van der Waals surface area contributed by atoms with Crippen LogP contribution in [0.5, 0.6) is 11.5 Å². The molecule has 1 heterocycles. The van der Waals surface area contributed by atoms with Gasteiger partial charge in [0.15, 0.2) is 11.5 Å². The highest BCUT2D eigenvalue weighted by Gasteiger charge is 2.33. The Morgan fingerprint density at radius 2 is 2.05 bits per heavy atom. The fraction of sp³-hybridized carbons (Fsp3) is 0.429. The lowest BCUT2D eigenvalue weighted by molar-refractivity contribution is -0.137. The molecule has 7 heteroatoms. The quantitative estimate of drug-likeness (QED) is 0.768. The van der Waals surface area contributed by atoms with E-state index in [1.165, 1.54) is 0 Å². The molecule has 21 heavy (non-hydrogen) atoms. The smallest absolute Gasteiger partial charge is 0.319 e. The van der Waals surface area contributed by atoms with Gasteiger partial charge in [0.05, 0.1) is 6.42 Å². The first-order valence-corrected chi connectivity index (χ1v) is 6.81. The lowest BCUT2D eigenvalue weighted by atomic mass is 10.1. The van der Waals surface area contributed by atoms with Crippen LogP contribution < -0.4 is 20.1 Å². The van der Waals surface area contributed by atoms with Crippen LogP contribution in [0, 0.1) is 5.92 Å². The van der Waals surface area contributed by atoms with Crippen molar-refractivity contribution >= 4 is 17.7 Å². The molecule has 2 aliphatic rings. The van der Waals surface area contributed by atoms with E-state index in [4.69, 9.17) is 14.6 Å². The maximum absolute atomic E-state index is 11.9. The van der Waals surface area contributed by atoms with Crippen LogP contribution in [0.1, 0.15) is 19.3 Å². The Kier molecular flexibility index (Phi) is 3.55. The highest BCUT2D eigenvalue weighted by molar-refractivity contribution is 5.90. The Balaban J connectivity index is 1.59. The fourth-order valence-corrected chi connectivity index (χ4v) is 2.33. The maximum Gasteiger partial charge on any atom is 0.319 e. The summed E-state index contributed by atoms with van der Waals surface area (Å²) in [4.78, 5) is 22.8. The average molecular weight is 292 g/mol. The molecule has 1 aliphatic carbocycles. The Morgan fingerprint density at radius 1 is 1.29 bits per heavy atom. The van der Waals surface area contributed by atoms with Gasteiger partial charge >= 0.3 is 12.0 Å². The fourth-order valence-electron chi connectivity index (χ4n) is 2.33. The molecule has 2 amide bonds. The normalized spacial score (nSPS) is 17.1. The van der Waals surface area contributed by atoms with Crippen LogP contribution in [0.2, 0.25) is 0 Å². The van der Waals surface area contributed by atoms with Gasteiger partial charge in [-0.15, -0.1) is 0 Å². The molecule has 112 valence electrons. The summed E-state index contributed by atoms with van der Waals surface area (Å²) in [5.41, 5.74) is 0.571. The number of hydrogen-bond acceptors (Lipinski definition) is 4. The molecule has 0 radical (unpaired) electrons. The molecule has 1 fully saturated rings. The van der Waals surface area contributed by atoms with E-state index < -0.39 is 12.0 Å². The number of rotatable bonds is 5. The van der Waals surface area contributed by atoms with Crippen LogP contribution in [-0.2, 0) is 4.79 Å². The molecule has 7 nitrogen and oxygen atoms in total. The topological polar surface area (TPSA) is 96.9 Å². The minimum absolute atomic E-state index is 0.0563. The van der Waals surface area contributed by atoms with E-state index in [9.17, 15) is 9.59 Å². The van der Waals surface area contributed by atoms with E-state index in [1.807, 2.05) is 0 Å². The van der Waals surface area contributed by atoms with Crippen molar-refractivity contribution in [2.45, 2.75) is 25.3 Å². The number of aliphatic carboxylic acids is 1. The van der Waals surface area contributed by atoms with Crippen LogP contribution in [0.4, 0.5) is 10.5 Å². The van der Waals surface area contributed by atoms with Crippen LogP contribution in [0.15, 0.2) is 18.2 Å². The molecule has 0 aromatic heterocycles. The zero-order valence-electron chi connectivity index (χ0n) is 11.3. The predicted octanol–water partition coefficient (Wildman–Crippen LogP) is 1.79. The number of anilines is 1. The summed E-state index contributed by atoms with van der Waals surface area (Å²) < 4.78 is 10.4. The number of urea groups is 1. The molecule has 1 unspecified atom stereocenters. The van der Waals surface area contributed by atoms with Gasteiger partial charge in [-0.1, -0.05) is 0 Å². The number of carbonyl (C=O) groups excluding carboxylic acids is 1. The van der Waals surface area contributed by atoms with Crippen LogP contribution >= 0.6 is 0 Å². The number of carboxylic acid groups (broad SMARTS) is 1. The number of carboxylic acids is 1. The van der Waals surface area contributed by atoms with Crippen molar-refractivity contribution in [1.82, 2.24) is 5.32 Å². The molecule has 0 bridgehead atoms. The van der Waals surface area contributed by atoms with Crippen molar-refractivity contribution < 1.29 is 24.2 Å². The first-order valence-electron chi connectivity index (χ1n) is 6.81. The molecule has 1 saturated carbocycles. The first-order chi connectivity index (χ1) is 10.1. The van der Waals surface area contributed by atoms with E-state index in [2.05, 4.69) is 10.6 Å². The number of amides is 2. The van der Waals surface area contributed by atoms with Crippen molar-refractivity contribution in [2.24, 2.45) is 5.92 Å². The van der Waals surface area contributed by atoms with Gasteiger partial charge in [0, 0.05) is 17.8 Å². The average Bonchev–Trinajstić information content (AvgIpc) is 3.16. The second-order valence-corrected chi connectivity index (χ2v) is 5.21. The summed E-state index contributed by atoms with van der Waals surface area (Å²) in [7, 11) is 0. The summed E-state index contributed by atoms with van der Waals surface area (Å²) in [5, 5.41) is 14.3. The number of nitrogens with one attached hydrogen (secondary N) is 2. The van der Waals surface area contributed by atoms with Gasteiger partial charge < -0.3 is 25.2 Å². The Hall–Kier alpha value is -2.44. The highest BCUT2D eigenvalue weighted by atomic mass is 16.7. The van der Waals surface area contributed by atoms with Gasteiger partial charge in [-0.3, -0.25) is 4.79 Å². The molecule has 0 spiro atoms. The van der Waals surface area contributed by atoms with E-state index >= 15 is 0 Å². The number of fused-ring (bicyclic) bond motifs is 1. The molecule has 3 rings (SSSR count). The second kappa shape index (κ2) is 5.51. The minimum Gasteiger partial charge on any atom is -0.481 e. The van der Waals surface area contributed by atoms with Crippen molar-refractivity contribution in [1.29, 1.82) is 0 Å².